The van der Waals surface area contributed by atoms with E-state index in [1.54, 1.807) is 6.92 Å². The third kappa shape index (κ3) is 3.85. The van der Waals surface area contributed by atoms with Gasteiger partial charge in [0, 0.05) is 12.9 Å². The first-order valence-electron chi connectivity index (χ1n) is 5.15. The minimum absolute atomic E-state index is 0.0234. The third-order valence-electron chi connectivity index (χ3n) is 2.37. The molecule has 1 rings (SSSR count). The molecule has 6 heteroatoms. The average molecular weight is 280 g/mol. The van der Waals surface area contributed by atoms with Crippen molar-refractivity contribution in [2.75, 3.05) is 23.0 Å². The van der Waals surface area contributed by atoms with Crippen LogP contribution in [0.5, 0.6) is 0 Å². The Hall–Kier alpha value is -0.810. The van der Waals surface area contributed by atoms with E-state index in [0.717, 1.165) is 4.31 Å². The Morgan fingerprint density at radius 2 is 1.88 bits per heavy atom. The zero-order valence-electron chi connectivity index (χ0n) is 9.73. The van der Waals surface area contributed by atoms with Gasteiger partial charge in [-0.1, -0.05) is 6.92 Å². The van der Waals surface area contributed by atoms with Gasteiger partial charge in [-0.2, -0.15) is 0 Å². The lowest BCUT2D eigenvalue weighted by Gasteiger charge is -2.21. The second-order valence-electron chi connectivity index (χ2n) is 3.98. The molecule has 1 aromatic carbocycles. The van der Waals surface area contributed by atoms with Gasteiger partial charge >= 0.3 is 0 Å². The van der Waals surface area contributed by atoms with Crippen molar-refractivity contribution in [3.63, 3.8) is 0 Å². The third-order valence-corrected chi connectivity index (χ3v) is 4.93. The molecule has 1 atom stereocenters. The van der Waals surface area contributed by atoms with Crippen LogP contribution in [-0.2, 0) is 10.0 Å². The number of sulfonamides is 1. The molecule has 17 heavy (non-hydrogen) atoms. The lowest BCUT2D eigenvalue weighted by molar-refractivity contribution is 0.581. The van der Waals surface area contributed by atoms with Crippen molar-refractivity contribution in [1.82, 2.24) is 0 Å². The standard InChI is InChI=1S/C11H15ClFNO2S/c1-9(7-12)8-17(15,16)14(2)11-5-3-10(13)4-6-11/h3-6,9H,7-8H2,1-2H3. The van der Waals surface area contributed by atoms with Gasteiger partial charge in [0.05, 0.1) is 11.4 Å². The molecule has 0 saturated heterocycles. The Bertz CT molecular complexity index is 461. The minimum atomic E-state index is -3.41. The zero-order valence-corrected chi connectivity index (χ0v) is 11.3. The van der Waals surface area contributed by atoms with E-state index in [2.05, 4.69) is 0 Å². The molecule has 0 aliphatic rings. The molecular formula is C11H15ClFNO2S. The molecule has 0 heterocycles. The van der Waals surface area contributed by atoms with Crippen molar-refractivity contribution in [3.8, 4) is 0 Å². The summed E-state index contributed by atoms with van der Waals surface area (Å²) < 4.78 is 37.8. The molecule has 0 aliphatic carbocycles. The van der Waals surface area contributed by atoms with Gasteiger partial charge in [0.2, 0.25) is 10.0 Å². The van der Waals surface area contributed by atoms with E-state index in [1.165, 1.54) is 31.3 Å². The topological polar surface area (TPSA) is 37.4 Å². The molecular weight excluding hydrogens is 265 g/mol. The van der Waals surface area contributed by atoms with E-state index in [4.69, 9.17) is 11.6 Å². The predicted molar refractivity (Wildman–Crippen MR) is 68.5 cm³/mol. The minimum Gasteiger partial charge on any atom is -0.273 e. The maximum atomic E-state index is 12.7. The highest BCUT2D eigenvalue weighted by Crippen LogP contribution is 2.18. The van der Waals surface area contributed by atoms with Crippen LogP contribution in [0.2, 0.25) is 0 Å². The molecule has 0 aliphatic heterocycles. The first-order chi connectivity index (χ1) is 7.86. The van der Waals surface area contributed by atoms with Crippen LogP contribution in [0.4, 0.5) is 10.1 Å². The summed E-state index contributed by atoms with van der Waals surface area (Å²) in [5, 5.41) is 0. The lowest BCUT2D eigenvalue weighted by atomic mass is 10.3. The van der Waals surface area contributed by atoms with Crippen LogP contribution in [-0.4, -0.2) is 27.1 Å². The molecule has 0 saturated carbocycles. The molecule has 0 aromatic heterocycles. The van der Waals surface area contributed by atoms with E-state index in [-0.39, 0.29) is 17.6 Å². The van der Waals surface area contributed by atoms with Crippen LogP contribution in [0.25, 0.3) is 0 Å². The molecule has 0 fully saturated rings. The summed E-state index contributed by atoms with van der Waals surface area (Å²) in [4.78, 5) is 0. The molecule has 1 aromatic rings. The number of hydrogen-bond acceptors (Lipinski definition) is 2. The fraction of sp³-hybridized carbons (Fsp3) is 0.455. The zero-order chi connectivity index (χ0) is 13.1. The van der Waals surface area contributed by atoms with E-state index >= 15 is 0 Å². The Morgan fingerprint density at radius 3 is 2.35 bits per heavy atom. The molecule has 96 valence electrons. The SMILES string of the molecule is CC(CCl)CS(=O)(=O)N(C)c1ccc(F)cc1. The Kier molecular flexibility index (Phi) is 4.77. The second kappa shape index (κ2) is 5.69. The fourth-order valence-corrected chi connectivity index (χ4v) is 3.07. The van der Waals surface area contributed by atoms with E-state index in [9.17, 15) is 12.8 Å². The largest absolute Gasteiger partial charge is 0.273 e. The second-order valence-corrected chi connectivity index (χ2v) is 6.34. The Balaban J connectivity index is 2.88. The summed E-state index contributed by atoms with van der Waals surface area (Å²) in [5.41, 5.74) is 0.438. The number of anilines is 1. The van der Waals surface area contributed by atoms with Crippen LogP contribution in [0.1, 0.15) is 6.92 Å². The summed E-state index contributed by atoms with van der Waals surface area (Å²) in [5.74, 6) is -0.251. The van der Waals surface area contributed by atoms with E-state index in [0.29, 0.717) is 5.69 Å². The summed E-state index contributed by atoms with van der Waals surface area (Å²) in [6.45, 7) is 1.77. The Labute approximate surface area is 106 Å². The van der Waals surface area contributed by atoms with Crippen molar-refractivity contribution in [2.24, 2.45) is 5.92 Å². The summed E-state index contributed by atoms with van der Waals surface area (Å²) in [6.07, 6.45) is 0. The molecule has 1 unspecified atom stereocenters. The van der Waals surface area contributed by atoms with Crippen LogP contribution in [0, 0.1) is 11.7 Å². The van der Waals surface area contributed by atoms with E-state index < -0.39 is 15.8 Å². The summed E-state index contributed by atoms with van der Waals surface area (Å²) >= 11 is 5.60. The molecule has 0 spiro atoms. The van der Waals surface area contributed by atoms with Crippen LogP contribution in [0.3, 0.4) is 0 Å². The number of hydrogen-bond donors (Lipinski definition) is 0. The van der Waals surface area contributed by atoms with Crippen molar-refractivity contribution in [3.05, 3.63) is 30.1 Å². The quantitative estimate of drug-likeness (QED) is 0.777. The Morgan fingerprint density at radius 1 is 1.35 bits per heavy atom. The van der Waals surface area contributed by atoms with Gasteiger partial charge in [0.1, 0.15) is 5.82 Å². The van der Waals surface area contributed by atoms with Crippen molar-refractivity contribution >= 4 is 27.3 Å². The van der Waals surface area contributed by atoms with Gasteiger partial charge in [-0.3, -0.25) is 4.31 Å². The van der Waals surface area contributed by atoms with Gasteiger partial charge in [0.15, 0.2) is 0 Å². The highest BCUT2D eigenvalue weighted by molar-refractivity contribution is 7.92. The van der Waals surface area contributed by atoms with E-state index in [1.807, 2.05) is 0 Å². The molecule has 0 N–H and O–H groups in total. The number of benzene rings is 1. The maximum absolute atomic E-state index is 12.7. The number of halogens is 2. The van der Waals surface area contributed by atoms with Crippen molar-refractivity contribution in [1.29, 1.82) is 0 Å². The normalized spacial score (nSPS) is 13.4. The van der Waals surface area contributed by atoms with Crippen LogP contribution >= 0.6 is 11.6 Å². The fourth-order valence-electron chi connectivity index (χ4n) is 1.33. The molecule has 0 radical (unpaired) electrons. The molecule has 0 bridgehead atoms. The maximum Gasteiger partial charge on any atom is 0.235 e. The smallest absolute Gasteiger partial charge is 0.235 e. The summed E-state index contributed by atoms with van der Waals surface area (Å²) in [7, 11) is -1.96. The van der Waals surface area contributed by atoms with Crippen molar-refractivity contribution < 1.29 is 12.8 Å². The number of nitrogens with zero attached hydrogens (tertiary/aromatic N) is 1. The van der Waals surface area contributed by atoms with Gasteiger partial charge in [-0.05, 0) is 30.2 Å². The van der Waals surface area contributed by atoms with Gasteiger partial charge in [-0.15, -0.1) is 11.6 Å². The summed E-state index contributed by atoms with van der Waals surface area (Å²) in [6, 6.07) is 5.31. The van der Waals surface area contributed by atoms with Crippen molar-refractivity contribution in [2.45, 2.75) is 6.92 Å². The molecule has 0 amide bonds. The lowest BCUT2D eigenvalue weighted by Crippen LogP contribution is -2.31. The monoisotopic (exact) mass is 279 g/mol. The highest BCUT2D eigenvalue weighted by Gasteiger charge is 2.21. The first-order valence-corrected chi connectivity index (χ1v) is 7.29. The predicted octanol–water partition coefficient (Wildman–Crippen LogP) is 2.47. The van der Waals surface area contributed by atoms with Gasteiger partial charge in [-0.25, -0.2) is 12.8 Å². The van der Waals surface area contributed by atoms with Gasteiger partial charge in [0.25, 0.3) is 0 Å². The van der Waals surface area contributed by atoms with Crippen LogP contribution < -0.4 is 4.31 Å². The molecule has 3 nitrogen and oxygen atoms in total. The average Bonchev–Trinajstić information content (AvgIpc) is 2.28. The van der Waals surface area contributed by atoms with Gasteiger partial charge < -0.3 is 0 Å². The first kappa shape index (κ1) is 14.3. The number of alkyl halides is 1. The highest BCUT2D eigenvalue weighted by atomic mass is 35.5. The van der Waals surface area contributed by atoms with Crippen LogP contribution in [0.15, 0.2) is 24.3 Å². The number of rotatable bonds is 5.